The van der Waals surface area contributed by atoms with Gasteiger partial charge < -0.3 is 20.3 Å². The van der Waals surface area contributed by atoms with Crippen LogP contribution in [0.25, 0.3) is 0 Å². The molecule has 0 spiro atoms. The van der Waals surface area contributed by atoms with Crippen molar-refractivity contribution in [1.82, 2.24) is 15.5 Å². The lowest BCUT2D eigenvalue weighted by molar-refractivity contribution is 0.0236. The predicted octanol–water partition coefficient (Wildman–Crippen LogP) is 0.296. The van der Waals surface area contributed by atoms with Crippen molar-refractivity contribution in [3.05, 3.63) is 0 Å². The van der Waals surface area contributed by atoms with Crippen molar-refractivity contribution >= 4 is 0 Å². The fourth-order valence-electron chi connectivity index (χ4n) is 2.81. The van der Waals surface area contributed by atoms with E-state index in [0.717, 1.165) is 38.6 Å². The van der Waals surface area contributed by atoms with Gasteiger partial charge in [0.15, 0.2) is 0 Å². The highest BCUT2D eigenvalue weighted by molar-refractivity contribution is 4.73. The molecule has 17 heavy (non-hydrogen) atoms. The summed E-state index contributed by atoms with van der Waals surface area (Å²) in [6.07, 6.45) is 4.30. The first-order valence-corrected chi connectivity index (χ1v) is 7.06. The van der Waals surface area contributed by atoms with Gasteiger partial charge in [0.05, 0.1) is 12.7 Å². The van der Waals surface area contributed by atoms with E-state index in [1.165, 1.54) is 32.5 Å². The Morgan fingerprint density at radius 2 is 2.41 bits per heavy atom. The maximum absolute atomic E-state index is 5.68. The summed E-state index contributed by atoms with van der Waals surface area (Å²) in [5.41, 5.74) is 0. The van der Waals surface area contributed by atoms with Crippen LogP contribution in [0.3, 0.4) is 0 Å². The van der Waals surface area contributed by atoms with Gasteiger partial charge in [-0.05, 0) is 51.9 Å². The maximum atomic E-state index is 5.68. The Labute approximate surface area is 105 Å². The van der Waals surface area contributed by atoms with Crippen LogP contribution in [0.1, 0.15) is 19.3 Å². The van der Waals surface area contributed by atoms with Crippen LogP contribution in [0.2, 0.25) is 0 Å². The molecule has 0 bridgehead atoms. The van der Waals surface area contributed by atoms with Gasteiger partial charge in [0, 0.05) is 19.6 Å². The van der Waals surface area contributed by atoms with E-state index >= 15 is 0 Å². The second-order valence-corrected chi connectivity index (χ2v) is 5.46. The number of likely N-dealkylation sites (tertiary alicyclic amines) is 1. The van der Waals surface area contributed by atoms with Crippen molar-refractivity contribution in [2.75, 3.05) is 52.9 Å². The summed E-state index contributed by atoms with van der Waals surface area (Å²) >= 11 is 0. The first-order valence-electron chi connectivity index (χ1n) is 7.06. The minimum Gasteiger partial charge on any atom is -0.376 e. The van der Waals surface area contributed by atoms with Gasteiger partial charge in [-0.2, -0.15) is 0 Å². The Balaban J connectivity index is 1.50. The standard InChI is InChI=1S/C13H27N3O/c1-16-7-2-3-12(11-16)9-14-5-4-13-10-15-6-8-17-13/h12-15H,2-11H2,1H3. The van der Waals surface area contributed by atoms with Crippen LogP contribution in [0.4, 0.5) is 0 Å². The van der Waals surface area contributed by atoms with Crippen molar-refractivity contribution in [2.24, 2.45) is 5.92 Å². The van der Waals surface area contributed by atoms with Crippen LogP contribution in [0.15, 0.2) is 0 Å². The highest BCUT2D eigenvalue weighted by Gasteiger charge is 2.17. The zero-order valence-corrected chi connectivity index (χ0v) is 11.1. The summed E-state index contributed by atoms with van der Waals surface area (Å²) < 4.78 is 5.68. The number of piperidine rings is 1. The number of ether oxygens (including phenoxy) is 1. The maximum Gasteiger partial charge on any atom is 0.0712 e. The van der Waals surface area contributed by atoms with Crippen molar-refractivity contribution in [3.8, 4) is 0 Å². The molecule has 0 aliphatic carbocycles. The Bertz CT molecular complexity index is 207. The van der Waals surface area contributed by atoms with Gasteiger partial charge in [0.25, 0.3) is 0 Å². The van der Waals surface area contributed by atoms with Gasteiger partial charge in [0.1, 0.15) is 0 Å². The third-order valence-electron chi connectivity index (χ3n) is 3.80. The first-order chi connectivity index (χ1) is 8.34. The van der Waals surface area contributed by atoms with Crippen molar-refractivity contribution in [3.63, 3.8) is 0 Å². The number of morpholine rings is 1. The van der Waals surface area contributed by atoms with Crippen molar-refractivity contribution < 1.29 is 4.74 Å². The molecule has 4 nitrogen and oxygen atoms in total. The van der Waals surface area contributed by atoms with E-state index in [0.29, 0.717) is 6.10 Å². The zero-order chi connectivity index (χ0) is 11.9. The largest absolute Gasteiger partial charge is 0.376 e. The van der Waals surface area contributed by atoms with Crippen molar-refractivity contribution in [1.29, 1.82) is 0 Å². The van der Waals surface area contributed by atoms with Crippen LogP contribution in [0.5, 0.6) is 0 Å². The molecule has 2 atom stereocenters. The van der Waals surface area contributed by atoms with Gasteiger partial charge >= 0.3 is 0 Å². The summed E-state index contributed by atoms with van der Waals surface area (Å²) in [7, 11) is 2.23. The van der Waals surface area contributed by atoms with Gasteiger partial charge in [-0.15, -0.1) is 0 Å². The average molecular weight is 241 g/mol. The summed E-state index contributed by atoms with van der Waals surface area (Å²) in [6, 6.07) is 0. The Morgan fingerprint density at radius 1 is 1.47 bits per heavy atom. The van der Waals surface area contributed by atoms with E-state index in [9.17, 15) is 0 Å². The minimum atomic E-state index is 0.422. The zero-order valence-electron chi connectivity index (χ0n) is 11.1. The quantitative estimate of drug-likeness (QED) is 0.679. The molecule has 100 valence electrons. The molecule has 2 N–H and O–H groups in total. The Morgan fingerprint density at radius 3 is 3.18 bits per heavy atom. The molecular formula is C13H27N3O. The molecule has 2 heterocycles. The molecule has 2 saturated heterocycles. The van der Waals surface area contributed by atoms with Crippen LogP contribution in [-0.2, 0) is 4.74 Å². The molecule has 2 rings (SSSR count). The normalized spacial score (nSPS) is 31.6. The summed E-state index contributed by atoms with van der Waals surface area (Å²) in [5, 5.41) is 6.96. The van der Waals surface area contributed by atoms with E-state index in [-0.39, 0.29) is 0 Å². The molecule has 2 aliphatic heterocycles. The second kappa shape index (κ2) is 7.31. The fourth-order valence-corrected chi connectivity index (χ4v) is 2.81. The number of nitrogens with one attached hydrogen (secondary N) is 2. The van der Waals surface area contributed by atoms with Crippen LogP contribution in [-0.4, -0.2) is 63.9 Å². The lowest BCUT2D eigenvalue weighted by Gasteiger charge is -2.30. The van der Waals surface area contributed by atoms with Crippen LogP contribution >= 0.6 is 0 Å². The average Bonchev–Trinajstić information content (AvgIpc) is 2.36. The molecule has 0 radical (unpaired) electrons. The Kier molecular flexibility index (Phi) is 5.71. The fraction of sp³-hybridized carbons (Fsp3) is 1.00. The lowest BCUT2D eigenvalue weighted by atomic mass is 9.98. The van der Waals surface area contributed by atoms with Gasteiger partial charge in [-0.3, -0.25) is 0 Å². The summed E-state index contributed by atoms with van der Waals surface area (Å²) in [6.45, 7) is 7.70. The molecule has 0 aromatic carbocycles. The molecule has 0 aromatic rings. The SMILES string of the molecule is CN1CCCC(CNCCC2CNCCO2)C1. The molecule has 2 fully saturated rings. The van der Waals surface area contributed by atoms with E-state index < -0.39 is 0 Å². The second-order valence-electron chi connectivity index (χ2n) is 5.46. The molecule has 0 saturated carbocycles. The van der Waals surface area contributed by atoms with E-state index in [4.69, 9.17) is 4.74 Å². The smallest absolute Gasteiger partial charge is 0.0712 e. The highest BCUT2D eigenvalue weighted by Crippen LogP contribution is 2.13. The number of rotatable bonds is 5. The van der Waals surface area contributed by atoms with Gasteiger partial charge in [0.2, 0.25) is 0 Å². The molecule has 2 unspecified atom stereocenters. The summed E-state index contributed by atoms with van der Waals surface area (Å²) in [4.78, 5) is 2.45. The minimum absolute atomic E-state index is 0.422. The molecular weight excluding hydrogens is 214 g/mol. The number of nitrogens with zero attached hydrogens (tertiary/aromatic N) is 1. The summed E-state index contributed by atoms with van der Waals surface area (Å²) in [5.74, 6) is 0.846. The first kappa shape index (κ1) is 13.3. The predicted molar refractivity (Wildman–Crippen MR) is 70.3 cm³/mol. The third-order valence-corrected chi connectivity index (χ3v) is 3.80. The third kappa shape index (κ3) is 4.92. The molecule has 0 amide bonds. The van der Waals surface area contributed by atoms with Crippen molar-refractivity contribution in [2.45, 2.75) is 25.4 Å². The van der Waals surface area contributed by atoms with Crippen LogP contribution in [0, 0.1) is 5.92 Å². The van der Waals surface area contributed by atoms with E-state index in [2.05, 4.69) is 22.6 Å². The highest BCUT2D eigenvalue weighted by atomic mass is 16.5. The van der Waals surface area contributed by atoms with Crippen LogP contribution < -0.4 is 10.6 Å². The molecule has 2 aliphatic rings. The monoisotopic (exact) mass is 241 g/mol. The number of hydrogen-bond donors (Lipinski definition) is 2. The van der Waals surface area contributed by atoms with Gasteiger partial charge in [-0.25, -0.2) is 0 Å². The Hall–Kier alpha value is -0.160. The van der Waals surface area contributed by atoms with Gasteiger partial charge in [-0.1, -0.05) is 0 Å². The molecule has 0 aromatic heterocycles. The van der Waals surface area contributed by atoms with E-state index in [1.807, 2.05) is 0 Å². The number of hydrogen-bond acceptors (Lipinski definition) is 4. The van der Waals surface area contributed by atoms with E-state index in [1.54, 1.807) is 0 Å². The topological polar surface area (TPSA) is 36.5 Å². The lowest BCUT2D eigenvalue weighted by Crippen LogP contribution is -2.41. The molecule has 4 heteroatoms.